The van der Waals surface area contributed by atoms with Crippen molar-refractivity contribution in [3.8, 4) is 5.88 Å². The number of morpholine rings is 1. The smallest absolute Gasteiger partial charge is 0.221 e. The number of anilines is 2. The molecule has 0 atom stereocenters. The van der Waals surface area contributed by atoms with Gasteiger partial charge in [-0.2, -0.15) is 0 Å². The summed E-state index contributed by atoms with van der Waals surface area (Å²) in [6.07, 6.45) is 1.60. The van der Waals surface area contributed by atoms with Gasteiger partial charge in [-0.3, -0.25) is 14.6 Å². The number of hydrogen-bond donors (Lipinski definition) is 3. The molecule has 5 rings (SSSR count). The first-order valence-electron chi connectivity index (χ1n) is 11.7. The minimum atomic E-state index is -0.205. The van der Waals surface area contributed by atoms with Crippen molar-refractivity contribution in [1.29, 1.82) is 0 Å². The Kier molecular flexibility index (Phi) is 6.51. The van der Waals surface area contributed by atoms with Crippen molar-refractivity contribution in [2.24, 2.45) is 4.99 Å². The molecule has 1 saturated heterocycles. The maximum Gasteiger partial charge on any atom is 0.221 e. The van der Waals surface area contributed by atoms with Crippen molar-refractivity contribution in [1.82, 2.24) is 4.98 Å². The van der Waals surface area contributed by atoms with Gasteiger partial charge in [0, 0.05) is 59.6 Å². The number of carbonyl (C=O) groups excluding carboxylic acids is 2. The summed E-state index contributed by atoms with van der Waals surface area (Å²) in [5.41, 5.74) is 4.55. The zero-order valence-electron chi connectivity index (χ0n) is 19.8. The standard InChI is InChI=1S/C28H26N4O4/c1-18(33)30-22-4-2-3-19(15-22)27(34)20-5-10-26-24(16-20)25(28(35)31-26)17-29-21-6-8-23(9-7-21)32-11-13-36-14-12-32/h2-10,15-17,31,35H,11-14H2,1H3,(H,30,33). The van der Waals surface area contributed by atoms with Gasteiger partial charge in [-0.05, 0) is 54.6 Å². The molecule has 1 fully saturated rings. The van der Waals surface area contributed by atoms with Crippen LogP contribution in [0, 0.1) is 0 Å². The van der Waals surface area contributed by atoms with Gasteiger partial charge in [0.1, 0.15) is 0 Å². The molecule has 1 aliphatic heterocycles. The van der Waals surface area contributed by atoms with Crippen LogP contribution >= 0.6 is 0 Å². The van der Waals surface area contributed by atoms with Gasteiger partial charge in [-0.25, -0.2) is 0 Å². The van der Waals surface area contributed by atoms with E-state index < -0.39 is 0 Å². The number of aromatic nitrogens is 1. The van der Waals surface area contributed by atoms with Gasteiger partial charge in [0.25, 0.3) is 0 Å². The molecule has 1 aliphatic rings. The zero-order valence-corrected chi connectivity index (χ0v) is 19.8. The summed E-state index contributed by atoms with van der Waals surface area (Å²) in [6.45, 7) is 4.60. The molecule has 3 aromatic carbocycles. The molecule has 36 heavy (non-hydrogen) atoms. The summed E-state index contributed by atoms with van der Waals surface area (Å²) in [5, 5.41) is 13.9. The average Bonchev–Trinajstić information content (AvgIpc) is 3.21. The maximum atomic E-state index is 13.2. The number of rotatable bonds is 6. The zero-order chi connectivity index (χ0) is 25.1. The van der Waals surface area contributed by atoms with Gasteiger partial charge in [-0.15, -0.1) is 0 Å². The number of ether oxygens (including phenoxy) is 1. The topological polar surface area (TPSA) is 107 Å². The second kappa shape index (κ2) is 10.1. The summed E-state index contributed by atoms with van der Waals surface area (Å²) >= 11 is 0. The Bertz CT molecular complexity index is 1450. The van der Waals surface area contributed by atoms with Crippen molar-refractivity contribution in [2.75, 3.05) is 36.5 Å². The number of carbonyl (C=O) groups is 2. The molecule has 0 saturated carbocycles. The van der Waals surface area contributed by atoms with Crippen LogP contribution in [0.3, 0.4) is 0 Å². The highest BCUT2D eigenvalue weighted by molar-refractivity contribution is 6.13. The van der Waals surface area contributed by atoms with E-state index in [4.69, 9.17) is 4.74 Å². The van der Waals surface area contributed by atoms with Gasteiger partial charge >= 0.3 is 0 Å². The molecule has 8 heteroatoms. The molecule has 4 aromatic rings. The van der Waals surface area contributed by atoms with Crippen molar-refractivity contribution < 1.29 is 19.4 Å². The summed E-state index contributed by atoms with van der Waals surface area (Å²) < 4.78 is 5.41. The van der Waals surface area contributed by atoms with Crippen LogP contribution in [0.25, 0.3) is 10.9 Å². The third-order valence-electron chi connectivity index (χ3n) is 6.09. The number of hydrogen-bond acceptors (Lipinski definition) is 6. The first kappa shape index (κ1) is 23.3. The fourth-order valence-electron chi connectivity index (χ4n) is 4.29. The van der Waals surface area contributed by atoms with Crippen LogP contribution in [0.1, 0.15) is 28.4 Å². The first-order valence-corrected chi connectivity index (χ1v) is 11.7. The summed E-state index contributed by atoms with van der Waals surface area (Å²) in [4.78, 5) is 34.3. The van der Waals surface area contributed by atoms with E-state index in [9.17, 15) is 14.7 Å². The number of H-pyrrole nitrogens is 1. The first-order chi connectivity index (χ1) is 17.5. The van der Waals surface area contributed by atoms with E-state index in [0.29, 0.717) is 33.3 Å². The SMILES string of the molecule is CC(=O)Nc1cccc(C(=O)c2ccc3[nH]c(O)c(C=Nc4ccc(N5CCOCC5)cc4)c3c2)c1. The van der Waals surface area contributed by atoms with Crippen LogP contribution in [0.5, 0.6) is 5.88 Å². The number of aliphatic imine (C=N–C) groups is 1. The summed E-state index contributed by atoms with van der Waals surface area (Å²) in [6, 6.07) is 19.9. The predicted octanol–water partition coefficient (Wildman–Crippen LogP) is 4.65. The lowest BCUT2D eigenvalue weighted by molar-refractivity contribution is -0.114. The molecular weight excluding hydrogens is 456 g/mol. The Morgan fingerprint density at radius 2 is 1.78 bits per heavy atom. The Morgan fingerprint density at radius 3 is 2.53 bits per heavy atom. The van der Waals surface area contributed by atoms with Gasteiger partial charge < -0.3 is 25.0 Å². The van der Waals surface area contributed by atoms with Crippen LogP contribution in [-0.2, 0) is 9.53 Å². The van der Waals surface area contributed by atoms with Crippen LogP contribution < -0.4 is 10.2 Å². The van der Waals surface area contributed by atoms with E-state index in [-0.39, 0.29) is 17.6 Å². The van der Waals surface area contributed by atoms with Crippen molar-refractivity contribution in [3.63, 3.8) is 0 Å². The molecule has 0 unspecified atom stereocenters. The molecule has 1 amide bonds. The highest BCUT2D eigenvalue weighted by Gasteiger charge is 2.15. The molecule has 0 radical (unpaired) electrons. The third-order valence-corrected chi connectivity index (χ3v) is 6.09. The third kappa shape index (κ3) is 4.99. The molecule has 0 bridgehead atoms. The molecule has 8 nitrogen and oxygen atoms in total. The fraction of sp³-hybridized carbons (Fsp3) is 0.179. The monoisotopic (exact) mass is 482 g/mol. The molecule has 0 spiro atoms. The van der Waals surface area contributed by atoms with Crippen molar-refractivity contribution >= 4 is 45.9 Å². The Hall–Kier alpha value is -4.43. The quantitative estimate of drug-likeness (QED) is 0.274. The van der Waals surface area contributed by atoms with E-state index in [2.05, 4.69) is 20.2 Å². The highest BCUT2D eigenvalue weighted by atomic mass is 16.5. The molecule has 2 heterocycles. The van der Waals surface area contributed by atoms with Gasteiger partial charge in [0.05, 0.1) is 24.5 Å². The minimum absolute atomic E-state index is 0.0176. The van der Waals surface area contributed by atoms with Crippen LogP contribution in [0.2, 0.25) is 0 Å². The fourth-order valence-corrected chi connectivity index (χ4v) is 4.29. The highest BCUT2D eigenvalue weighted by Crippen LogP contribution is 2.29. The molecule has 1 aromatic heterocycles. The number of fused-ring (bicyclic) bond motifs is 1. The van der Waals surface area contributed by atoms with Crippen molar-refractivity contribution in [2.45, 2.75) is 6.92 Å². The normalized spacial score (nSPS) is 13.9. The van der Waals surface area contributed by atoms with Crippen molar-refractivity contribution in [3.05, 3.63) is 83.4 Å². The van der Waals surface area contributed by atoms with Crippen LogP contribution in [0.4, 0.5) is 17.1 Å². The minimum Gasteiger partial charge on any atom is -0.494 e. The van der Waals surface area contributed by atoms with Gasteiger partial charge in [0.2, 0.25) is 5.91 Å². The largest absolute Gasteiger partial charge is 0.494 e. The lowest BCUT2D eigenvalue weighted by Gasteiger charge is -2.28. The summed E-state index contributed by atoms with van der Waals surface area (Å²) in [7, 11) is 0. The van der Waals surface area contributed by atoms with E-state index in [1.807, 2.05) is 24.3 Å². The maximum absolute atomic E-state index is 13.2. The Balaban J connectivity index is 1.40. The van der Waals surface area contributed by atoms with E-state index in [0.717, 1.165) is 37.7 Å². The lowest BCUT2D eigenvalue weighted by Crippen LogP contribution is -2.36. The number of benzene rings is 3. The van der Waals surface area contributed by atoms with Gasteiger partial charge in [0.15, 0.2) is 11.7 Å². The van der Waals surface area contributed by atoms with E-state index in [1.54, 1.807) is 48.7 Å². The second-order valence-corrected chi connectivity index (χ2v) is 8.61. The number of ketones is 1. The Labute approximate surface area is 208 Å². The lowest BCUT2D eigenvalue weighted by atomic mass is 10.0. The molecular formula is C28H26N4O4. The molecule has 182 valence electrons. The number of amides is 1. The predicted molar refractivity (Wildman–Crippen MR) is 141 cm³/mol. The van der Waals surface area contributed by atoms with Gasteiger partial charge in [-0.1, -0.05) is 12.1 Å². The second-order valence-electron chi connectivity index (χ2n) is 8.61. The number of aromatic hydroxyl groups is 1. The van der Waals surface area contributed by atoms with Crippen LogP contribution in [-0.4, -0.2) is 54.3 Å². The number of nitrogens with one attached hydrogen (secondary N) is 2. The number of aromatic amines is 1. The number of nitrogens with zero attached hydrogens (tertiary/aromatic N) is 2. The molecule has 0 aliphatic carbocycles. The average molecular weight is 483 g/mol. The van der Waals surface area contributed by atoms with Crippen LogP contribution in [0.15, 0.2) is 71.7 Å². The molecule has 3 N–H and O–H groups in total. The Morgan fingerprint density at radius 1 is 1.03 bits per heavy atom. The van der Waals surface area contributed by atoms with E-state index in [1.165, 1.54) is 6.92 Å². The summed E-state index contributed by atoms with van der Waals surface area (Å²) in [5.74, 6) is -0.411. The van der Waals surface area contributed by atoms with E-state index >= 15 is 0 Å².